The van der Waals surface area contributed by atoms with Gasteiger partial charge in [0.25, 0.3) is 5.91 Å². The lowest BCUT2D eigenvalue weighted by Gasteiger charge is -2.12. The molecule has 3 rings (SSSR count). The van der Waals surface area contributed by atoms with Crippen LogP contribution < -0.4 is 5.32 Å². The van der Waals surface area contributed by atoms with Crippen LogP contribution in [0, 0.1) is 0 Å². The molecule has 1 aliphatic rings. The van der Waals surface area contributed by atoms with E-state index < -0.39 is 6.10 Å². The van der Waals surface area contributed by atoms with Gasteiger partial charge in [-0.25, -0.2) is 4.98 Å². The monoisotopic (exact) mass is 364 g/mol. The van der Waals surface area contributed by atoms with Crippen molar-refractivity contribution in [1.29, 1.82) is 0 Å². The summed E-state index contributed by atoms with van der Waals surface area (Å²) in [6.07, 6.45) is 2.36. The minimum absolute atomic E-state index is 0.199. The second-order valence-electron chi connectivity index (χ2n) is 5.81. The van der Waals surface area contributed by atoms with E-state index >= 15 is 0 Å². The van der Waals surface area contributed by atoms with Crippen molar-refractivity contribution in [2.75, 3.05) is 5.75 Å². The van der Waals surface area contributed by atoms with Gasteiger partial charge in [-0.15, -0.1) is 11.3 Å². The molecule has 0 saturated heterocycles. The summed E-state index contributed by atoms with van der Waals surface area (Å²) in [5.74, 6) is 0.283. The Labute approximate surface area is 149 Å². The summed E-state index contributed by atoms with van der Waals surface area (Å²) in [5, 5.41) is 2.83. The smallest absolute Gasteiger partial charge is 0.306 e. The van der Waals surface area contributed by atoms with Crippen molar-refractivity contribution in [2.45, 2.75) is 49.1 Å². The van der Waals surface area contributed by atoms with Crippen molar-refractivity contribution in [1.82, 2.24) is 10.3 Å². The molecule has 1 atom stereocenters. The third-order valence-electron chi connectivity index (χ3n) is 3.63. The van der Waals surface area contributed by atoms with Crippen molar-refractivity contribution >= 4 is 45.2 Å². The molecule has 128 valence electrons. The normalized spacial score (nSPS) is 15.2. The van der Waals surface area contributed by atoms with Crippen LogP contribution in [0.15, 0.2) is 28.6 Å². The Balaban J connectivity index is 1.34. The summed E-state index contributed by atoms with van der Waals surface area (Å²) in [6.45, 7) is 1.62. The summed E-state index contributed by atoms with van der Waals surface area (Å²) in [5.41, 5.74) is 1.01. The Hall–Kier alpha value is -1.60. The fourth-order valence-electron chi connectivity index (χ4n) is 2.14. The van der Waals surface area contributed by atoms with Crippen LogP contribution in [0.3, 0.4) is 0 Å². The molecule has 5 nitrogen and oxygen atoms in total. The third-order valence-corrected chi connectivity index (χ3v) is 5.89. The Morgan fingerprint density at radius 1 is 1.42 bits per heavy atom. The summed E-state index contributed by atoms with van der Waals surface area (Å²) < 4.78 is 7.36. The number of aromatic nitrogens is 1. The molecule has 1 N–H and O–H groups in total. The average molecular weight is 364 g/mol. The van der Waals surface area contributed by atoms with Gasteiger partial charge < -0.3 is 10.1 Å². The van der Waals surface area contributed by atoms with Crippen molar-refractivity contribution in [3.05, 3.63) is 24.3 Å². The van der Waals surface area contributed by atoms with Gasteiger partial charge in [0.1, 0.15) is 0 Å². The van der Waals surface area contributed by atoms with E-state index in [4.69, 9.17) is 4.74 Å². The number of nitrogens with one attached hydrogen (secondary N) is 1. The molecule has 7 heteroatoms. The van der Waals surface area contributed by atoms with E-state index in [1.54, 1.807) is 30.0 Å². The molecule has 1 aliphatic carbocycles. The number of thiazole rings is 1. The predicted octanol–water partition coefficient (Wildman–Crippen LogP) is 3.38. The summed E-state index contributed by atoms with van der Waals surface area (Å²) in [7, 11) is 0. The minimum atomic E-state index is -0.713. The number of fused-ring (bicyclic) bond motifs is 1. The van der Waals surface area contributed by atoms with Gasteiger partial charge in [0, 0.05) is 18.2 Å². The van der Waals surface area contributed by atoms with Crippen LogP contribution in [-0.2, 0) is 14.3 Å². The zero-order chi connectivity index (χ0) is 16.9. The highest BCUT2D eigenvalue weighted by atomic mass is 32.2. The molecule has 0 aliphatic heterocycles. The van der Waals surface area contributed by atoms with Gasteiger partial charge in [-0.3, -0.25) is 9.59 Å². The first-order valence-electron chi connectivity index (χ1n) is 8.10. The van der Waals surface area contributed by atoms with Crippen LogP contribution in [-0.4, -0.2) is 34.8 Å². The molecule has 1 aromatic carbocycles. The second kappa shape index (κ2) is 7.98. The highest BCUT2D eigenvalue weighted by molar-refractivity contribution is 8.01. The predicted molar refractivity (Wildman–Crippen MR) is 96.3 cm³/mol. The van der Waals surface area contributed by atoms with Gasteiger partial charge in [0.2, 0.25) is 0 Å². The number of carbonyl (C=O) groups excluding carboxylic acids is 2. The van der Waals surface area contributed by atoms with Crippen LogP contribution in [0.4, 0.5) is 0 Å². The standard InChI is InChI=1S/C17H20N2O3S2/c1-11(16(21)18-12-8-9-12)22-15(20)7-4-10-23-17-19-13-5-2-3-6-14(13)24-17/h2-3,5-6,11-12H,4,7-10H2,1H3,(H,18,21)/t11-/m0/s1. The number of esters is 1. The molecule has 1 amide bonds. The first kappa shape index (κ1) is 17.2. The van der Waals surface area contributed by atoms with E-state index in [0.29, 0.717) is 12.8 Å². The number of rotatable bonds is 8. The third kappa shape index (κ3) is 4.95. The van der Waals surface area contributed by atoms with Crippen LogP contribution in [0.2, 0.25) is 0 Å². The topological polar surface area (TPSA) is 68.3 Å². The van der Waals surface area contributed by atoms with Crippen LogP contribution in [0.25, 0.3) is 10.2 Å². The van der Waals surface area contributed by atoms with Gasteiger partial charge in [-0.2, -0.15) is 0 Å². The van der Waals surface area contributed by atoms with Gasteiger partial charge in [0.05, 0.1) is 10.2 Å². The van der Waals surface area contributed by atoms with Gasteiger partial charge in [-0.05, 0) is 38.3 Å². The number of amides is 1. The zero-order valence-electron chi connectivity index (χ0n) is 13.5. The number of hydrogen-bond acceptors (Lipinski definition) is 6. The molecule has 1 fully saturated rings. The van der Waals surface area contributed by atoms with Crippen LogP contribution in [0.1, 0.15) is 32.6 Å². The lowest BCUT2D eigenvalue weighted by atomic mass is 10.3. The molecule has 2 aromatic rings. The van der Waals surface area contributed by atoms with E-state index in [1.807, 2.05) is 18.2 Å². The van der Waals surface area contributed by atoms with Gasteiger partial charge in [0.15, 0.2) is 10.4 Å². The Morgan fingerprint density at radius 3 is 2.96 bits per heavy atom. The van der Waals surface area contributed by atoms with Crippen molar-refractivity contribution < 1.29 is 14.3 Å². The number of hydrogen-bond donors (Lipinski definition) is 1. The molecule has 0 spiro atoms. The Morgan fingerprint density at radius 2 is 2.21 bits per heavy atom. The Kier molecular flexibility index (Phi) is 5.73. The second-order valence-corrected chi connectivity index (χ2v) is 8.19. The quantitative estimate of drug-likeness (QED) is 0.442. The maximum Gasteiger partial charge on any atom is 0.306 e. The first-order chi connectivity index (χ1) is 11.6. The van der Waals surface area contributed by atoms with E-state index in [1.165, 1.54) is 4.70 Å². The fourth-order valence-corrected chi connectivity index (χ4v) is 4.22. The highest BCUT2D eigenvalue weighted by Crippen LogP contribution is 2.29. The summed E-state index contributed by atoms with van der Waals surface area (Å²) in [6, 6.07) is 8.33. The molecule has 0 unspecified atom stereocenters. The van der Waals surface area contributed by atoms with E-state index in [9.17, 15) is 9.59 Å². The molecule has 24 heavy (non-hydrogen) atoms. The van der Waals surface area contributed by atoms with Gasteiger partial charge in [-0.1, -0.05) is 23.9 Å². The number of ether oxygens (including phenoxy) is 1. The minimum Gasteiger partial charge on any atom is -0.453 e. The van der Waals surface area contributed by atoms with E-state index in [-0.39, 0.29) is 17.9 Å². The molecule has 1 saturated carbocycles. The molecular formula is C17H20N2O3S2. The molecule has 1 aromatic heterocycles. The molecular weight excluding hydrogens is 344 g/mol. The fraction of sp³-hybridized carbons (Fsp3) is 0.471. The largest absolute Gasteiger partial charge is 0.453 e. The maximum absolute atomic E-state index is 11.8. The molecule has 0 radical (unpaired) electrons. The summed E-state index contributed by atoms with van der Waals surface area (Å²) in [4.78, 5) is 28.1. The number of carbonyl (C=O) groups is 2. The first-order valence-corrected chi connectivity index (χ1v) is 9.90. The van der Waals surface area contributed by atoms with Crippen LogP contribution >= 0.6 is 23.1 Å². The van der Waals surface area contributed by atoms with Crippen LogP contribution in [0.5, 0.6) is 0 Å². The number of para-hydroxylation sites is 1. The number of thioether (sulfide) groups is 1. The summed E-state index contributed by atoms with van der Waals surface area (Å²) >= 11 is 3.32. The zero-order valence-corrected chi connectivity index (χ0v) is 15.1. The van der Waals surface area contributed by atoms with Crippen molar-refractivity contribution in [3.8, 4) is 0 Å². The van der Waals surface area contributed by atoms with Gasteiger partial charge >= 0.3 is 5.97 Å². The van der Waals surface area contributed by atoms with E-state index in [2.05, 4.69) is 16.4 Å². The average Bonchev–Trinajstić information content (AvgIpc) is 3.27. The Bertz CT molecular complexity index is 694. The van der Waals surface area contributed by atoms with Crippen molar-refractivity contribution in [2.24, 2.45) is 0 Å². The molecule has 1 heterocycles. The molecule has 0 bridgehead atoms. The highest BCUT2D eigenvalue weighted by Gasteiger charge is 2.27. The van der Waals surface area contributed by atoms with Crippen molar-refractivity contribution in [3.63, 3.8) is 0 Å². The lowest BCUT2D eigenvalue weighted by molar-refractivity contribution is -0.154. The number of benzene rings is 1. The number of nitrogens with zero attached hydrogens (tertiary/aromatic N) is 1. The van der Waals surface area contributed by atoms with E-state index in [0.717, 1.165) is 28.5 Å². The lowest BCUT2D eigenvalue weighted by Crippen LogP contribution is -2.37. The SMILES string of the molecule is C[C@H](OC(=O)CCCSc1nc2ccccc2s1)C(=O)NC1CC1. The maximum atomic E-state index is 11.8.